The van der Waals surface area contributed by atoms with Gasteiger partial charge < -0.3 is 5.11 Å². The van der Waals surface area contributed by atoms with Gasteiger partial charge >= 0.3 is 12.0 Å². The second kappa shape index (κ2) is 6.59. The SMILES string of the molecule is CCCCCN1C(=O)C2C(=Nc3n2c(C)c(C)[n+]3CCO)N(C)C1=O. The van der Waals surface area contributed by atoms with Crippen molar-refractivity contribution in [3.05, 3.63) is 11.4 Å². The molecule has 1 unspecified atom stereocenters. The van der Waals surface area contributed by atoms with Crippen molar-refractivity contribution in [2.75, 3.05) is 20.2 Å². The number of amidine groups is 1. The number of aliphatic hydroxyl groups is 1. The lowest BCUT2D eigenvalue weighted by Crippen LogP contribution is -2.57. The normalized spacial score (nSPS) is 19.4. The number of hydrogen-bond acceptors (Lipinski definition) is 4. The van der Waals surface area contributed by atoms with Gasteiger partial charge in [0.2, 0.25) is 11.9 Å². The highest BCUT2D eigenvalue weighted by atomic mass is 16.3. The number of fused-ring (bicyclic) bond motifs is 3. The van der Waals surface area contributed by atoms with Crippen LogP contribution in [-0.4, -0.2) is 57.4 Å². The number of urea groups is 1. The van der Waals surface area contributed by atoms with Crippen LogP contribution in [0.3, 0.4) is 0 Å². The molecule has 1 N–H and O–H groups in total. The molecule has 0 aliphatic carbocycles. The van der Waals surface area contributed by atoms with Crippen molar-refractivity contribution in [3.8, 4) is 0 Å². The van der Waals surface area contributed by atoms with Crippen LogP contribution in [-0.2, 0) is 11.3 Å². The van der Waals surface area contributed by atoms with Crippen LogP contribution < -0.4 is 4.57 Å². The zero-order valence-electron chi connectivity index (χ0n) is 15.3. The Bertz CT molecular complexity index is 752. The third kappa shape index (κ3) is 2.55. The highest BCUT2D eigenvalue weighted by Crippen LogP contribution is 2.35. The fourth-order valence-corrected chi connectivity index (χ4v) is 3.60. The molecule has 3 rings (SSSR count). The number of carbonyl (C=O) groups excluding carboxylic acids is 2. The van der Waals surface area contributed by atoms with Crippen LogP contribution in [0.5, 0.6) is 0 Å². The van der Waals surface area contributed by atoms with Gasteiger partial charge in [0.25, 0.3) is 5.91 Å². The van der Waals surface area contributed by atoms with Crippen LogP contribution in [0, 0.1) is 13.8 Å². The number of amides is 3. The summed E-state index contributed by atoms with van der Waals surface area (Å²) in [4.78, 5) is 33.1. The smallest absolute Gasteiger partial charge is 0.393 e. The van der Waals surface area contributed by atoms with E-state index in [9.17, 15) is 14.7 Å². The van der Waals surface area contributed by atoms with Crippen LogP contribution in [0.4, 0.5) is 10.7 Å². The molecule has 0 radical (unpaired) electrons. The number of imidazole rings is 1. The third-order valence-corrected chi connectivity index (χ3v) is 5.13. The Kier molecular flexibility index (Phi) is 4.64. The number of hydrogen-bond donors (Lipinski definition) is 1. The van der Waals surface area contributed by atoms with Crippen molar-refractivity contribution < 1.29 is 19.3 Å². The minimum absolute atomic E-state index is 0.0106. The van der Waals surface area contributed by atoms with E-state index in [0.29, 0.717) is 24.9 Å². The van der Waals surface area contributed by atoms with E-state index in [1.807, 2.05) is 23.0 Å². The second-order valence-electron chi connectivity index (χ2n) is 6.63. The van der Waals surface area contributed by atoms with Gasteiger partial charge in [-0.15, -0.1) is 0 Å². The molecule has 1 saturated heterocycles. The molecule has 2 aliphatic rings. The Balaban J connectivity index is 2.02. The van der Waals surface area contributed by atoms with Crippen LogP contribution in [0.15, 0.2) is 4.99 Å². The first-order chi connectivity index (χ1) is 11.9. The number of aromatic nitrogens is 2. The van der Waals surface area contributed by atoms with Crippen molar-refractivity contribution in [2.24, 2.45) is 4.99 Å². The molecule has 3 heterocycles. The van der Waals surface area contributed by atoms with Gasteiger partial charge in [0.05, 0.1) is 13.2 Å². The number of likely N-dealkylation sites (N-methyl/N-ethyl adjacent to an activating group) is 1. The second-order valence-corrected chi connectivity index (χ2v) is 6.63. The molecule has 8 heteroatoms. The lowest BCUT2D eigenvalue weighted by molar-refractivity contribution is -0.690. The molecule has 136 valence electrons. The van der Waals surface area contributed by atoms with Crippen molar-refractivity contribution in [1.82, 2.24) is 14.4 Å². The first-order valence-electron chi connectivity index (χ1n) is 8.83. The summed E-state index contributed by atoms with van der Waals surface area (Å²) in [6.07, 6.45) is 2.82. The summed E-state index contributed by atoms with van der Waals surface area (Å²) in [5, 5.41) is 9.33. The first kappa shape index (κ1) is 17.6. The van der Waals surface area contributed by atoms with E-state index in [4.69, 9.17) is 0 Å². The maximum atomic E-state index is 13.1. The monoisotopic (exact) mass is 348 g/mol. The summed E-state index contributed by atoms with van der Waals surface area (Å²) in [5.41, 5.74) is 1.90. The van der Waals surface area contributed by atoms with Gasteiger partial charge in [0, 0.05) is 13.6 Å². The molecule has 8 nitrogen and oxygen atoms in total. The molecule has 1 aromatic rings. The third-order valence-electron chi connectivity index (χ3n) is 5.13. The predicted octanol–water partition coefficient (Wildman–Crippen LogP) is 1.05. The van der Waals surface area contributed by atoms with E-state index < -0.39 is 6.04 Å². The molecule has 1 fully saturated rings. The number of nitrogens with zero attached hydrogens (tertiary/aromatic N) is 5. The molecule has 25 heavy (non-hydrogen) atoms. The molecule has 2 aliphatic heterocycles. The van der Waals surface area contributed by atoms with Crippen molar-refractivity contribution in [1.29, 1.82) is 0 Å². The number of unbranched alkanes of at least 4 members (excludes halogenated alkanes) is 2. The summed E-state index contributed by atoms with van der Waals surface area (Å²) in [6.45, 7) is 6.81. The van der Waals surface area contributed by atoms with E-state index >= 15 is 0 Å². The largest absolute Gasteiger partial charge is 0.402 e. The maximum absolute atomic E-state index is 13.1. The molecular weight excluding hydrogens is 322 g/mol. The highest BCUT2D eigenvalue weighted by molar-refractivity contribution is 6.20. The van der Waals surface area contributed by atoms with E-state index in [-0.39, 0.29) is 18.5 Å². The Hall–Kier alpha value is -2.22. The lowest BCUT2D eigenvalue weighted by atomic mass is 10.1. The minimum Gasteiger partial charge on any atom is -0.393 e. The van der Waals surface area contributed by atoms with Gasteiger partial charge in [-0.1, -0.05) is 24.8 Å². The summed E-state index contributed by atoms with van der Waals surface area (Å²) >= 11 is 0. The summed E-state index contributed by atoms with van der Waals surface area (Å²) in [6, 6.07) is -0.914. The molecule has 0 aromatic carbocycles. The van der Waals surface area contributed by atoms with Gasteiger partial charge in [0.15, 0.2) is 0 Å². The minimum atomic E-state index is -0.599. The average Bonchev–Trinajstić information content (AvgIpc) is 3.08. The Morgan fingerprint density at radius 1 is 1.24 bits per heavy atom. The fraction of sp³-hybridized carbons (Fsp3) is 0.647. The van der Waals surface area contributed by atoms with Gasteiger partial charge in [0.1, 0.15) is 11.4 Å². The number of imide groups is 1. The molecule has 1 aromatic heterocycles. The summed E-state index contributed by atoms with van der Waals surface area (Å²) < 4.78 is 3.78. The fourth-order valence-electron chi connectivity index (χ4n) is 3.60. The molecule has 0 saturated carbocycles. The van der Waals surface area contributed by atoms with Crippen molar-refractivity contribution in [3.63, 3.8) is 0 Å². The summed E-state index contributed by atoms with van der Waals surface area (Å²) in [7, 11) is 1.67. The number of aliphatic hydroxyl groups excluding tert-OH is 1. The number of rotatable bonds is 6. The molecule has 1 atom stereocenters. The first-order valence-corrected chi connectivity index (χ1v) is 8.83. The van der Waals surface area contributed by atoms with E-state index in [2.05, 4.69) is 11.9 Å². The van der Waals surface area contributed by atoms with Gasteiger partial charge in [-0.05, 0) is 20.3 Å². The van der Waals surface area contributed by atoms with Crippen molar-refractivity contribution >= 4 is 23.7 Å². The summed E-state index contributed by atoms with van der Waals surface area (Å²) in [5.74, 6) is 0.866. The zero-order valence-corrected chi connectivity index (χ0v) is 15.3. The quantitative estimate of drug-likeness (QED) is 0.616. The predicted molar refractivity (Wildman–Crippen MR) is 91.7 cm³/mol. The van der Waals surface area contributed by atoms with Gasteiger partial charge in [-0.3, -0.25) is 14.6 Å². The average molecular weight is 348 g/mol. The Morgan fingerprint density at radius 3 is 2.60 bits per heavy atom. The van der Waals surface area contributed by atoms with Crippen LogP contribution >= 0.6 is 0 Å². The Morgan fingerprint density at radius 2 is 1.96 bits per heavy atom. The Labute approximate surface area is 147 Å². The standard InChI is InChI=1S/C17H26N5O3/c1-5-6-7-8-21-15(24)13-14(19(4)17(21)25)18-16-20(9-10-23)11(2)12(3)22(13)16/h13,23H,5-10H2,1-4H3/q+1. The maximum Gasteiger partial charge on any atom is 0.402 e. The van der Waals surface area contributed by atoms with Crippen LogP contribution in [0.2, 0.25) is 0 Å². The molecule has 0 bridgehead atoms. The van der Waals surface area contributed by atoms with Gasteiger partial charge in [-0.25, -0.2) is 13.9 Å². The number of aliphatic imine (C=N–C) groups is 1. The highest BCUT2D eigenvalue weighted by Gasteiger charge is 2.53. The van der Waals surface area contributed by atoms with Crippen LogP contribution in [0.25, 0.3) is 0 Å². The van der Waals surface area contributed by atoms with E-state index in [1.54, 1.807) is 7.05 Å². The van der Waals surface area contributed by atoms with E-state index in [0.717, 1.165) is 30.7 Å². The molecular formula is C17H26N5O3+. The van der Waals surface area contributed by atoms with Gasteiger partial charge in [-0.2, -0.15) is 0 Å². The molecule has 0 spiro atoms. The van der Waals surface area contributed by atoms with E-state index in [1.165, 1.54) is 9.80 Å². The van der Waals surface area contributed by atoms with Crippen LogP contribution in [0.1, 0.15) is 43.6 Å². The molecule has 3 amide bonds. The zero-order chi connectivity index (χ0) is 18.3. The number of carbonyl (C=O) groups is 2. The lowest BCUT2D eigenvalue weighted by Gasteiger charge is -2.33. The van der Waals surface area contributed by atoms with Crippen molar-refractivity contribution in [2.45, 2.75) is 52.6 Å². The topological polar surface area (TPSA) is 82.0 Å².